The maximum Gasteiger partial charge on any atom is 0.434 e. The zero-order chi connectivity index (χ0) is 28.6. The molecule has 3 heterocycles. The third kappa shape index (κ3) is 7.03. The van der Waals surface area contributed by atoms with Crippen molar-refractivity contribution < 1.29 is 45.8 Å². The van der Waals surface area contributed by atoms with Crippen molar-refractivity contribution >= 4 is 29.4 Å². The van der Waals surface area contributed by atoms with Gasteiger partial charge in [-0.15, -0.1) is 0 Å². The fourth-order valence-electron chi connectivity index (χ4n) is 5.75. The first-order valence-corrected chi connectivity index (χ1v) is 13.1. The summed E-state index contributed by atoms with van der Waals surface area (Å²) >= 11 is 6.26. The van der Waals surface area contributed by atoms with Crippen LogP contribution in [-0.4, -0.2) is 84.7 Å². The average molecular weight is 586 g/mol. The number of likely N-dealkylation sites (tertiary alicyclic amines) is 2. The van der Waals surface area contributed by atoms with Crippen LogP contribution in [0.25, 0.3) is 0 Å². The topological polar surface area (TPSA) is 73.3 Å². The van der Waals surface area contributed by atoms with E-state index in [1.54, 1.807) is 6.07 Å². The van der Waals surface area contributed by atoms with Crippen LogP contribution in [0.3, 0.4) is 0 Å². The Hall–Kier alpha value is -2.41. The first-order valence-electron chi connectivity index (χ1n) is 12.7. The van der Waals surface area contributed by atoms with Gasteiger partial charge in [0.1, 0.15) is 0 Å². The van der Waals surface area contributed by atoms with Gasteiger partial charge in [0.05, 0.1) is 5.92 Å². The summed E-state index contributed by atoms with van der Waals surface area (Å²) in [5.41, 5.74) is 1.60. The highest BCUT2D eigenvalue weighted by molar-refractivity contribution is 6.30. The fourth-order valence-corrected chi connectivity index (χ4v) is 5.92. The van der Waals surface area contributed by atoms with Crippen molar-refractivity contribution in [2.45, 2.75) is 57.1 Å². The second-order valence-corrected chi connectivity index (χ2v) is 11.1. The molecule has 1 N–H and O–H groups in total. The Morgan fingerprint density at radius 1 is 1.00 bits per heavy atom. The molecular weight excluding hydrogens is 556 g/mol. The smallest absolute Gasteiger partial charge is 0.434 e. The van der Waals surface area contributed by atoms with Crippen LogP contribution in [0, 0.1) is 11.3 Å². The summed E-state index contributed by atoms with van der Waals surface area (Å²) in [6.45, 7) is 3.17. The fraction of sp³-hybridized carbons (Fsp3) is 0.680. The molecule has 0 bridgehead atoms. The number of halogens is 7. The highest BCUT2D eigenvalue weighted by Gasteiger charge is 2.60. The molecule has 14 heteroatoms. The third-order valence-electron chi connectivity index (χ3n) is 8.05. The van der Waals surface area contributed by atoms with Gasteiger partial charge in [0.2, 0.25) is 0 Å². The number of benzene rings is 1. The predicted molar refractivity (Wildman–Crippen MR) is 130 cm³/mol. The van der Waals surface area contributed by atoms with Gasteiger partial charge in [0.15, 0.2) is 0 Å². The van der Waals surface area contributed by atoms with Gasteiger partial charge >= 0.3 is 24.4 Å². The molecule has 1 aromatic rings. The van der Waals surface area contributed by atoms with Crippen LogP contribution in [0.4, 0.5) is 36.8 Å². The van der Waals surface area contributed by atoms with Crippen LogP contribution in [0.2, 0.25) is 5.02 Å². The molecule has 0 saturated carbocycles. The van der Waals surface area contributed by atoms with E-state index in [0.717, 1.165) is 16.2 Å². The number of anilines is 1. The van der Waals surface area contributed by atoms with Gasteiger partial charge < -0.3 is 19.6 Å². The van der Waals surface area contributed by atoms with Gasteiger partial charge in [0.25, 0.3) is 6.10 Å². The van der Waals surface area contributed by atoms with Gasteiger partial charge in [0, 0.05) is 43.4 Å². The molecule has 1 aromatic carbocycles. The van der Waals surface area contributed by atoms with Gasteiger partial charge in [-0.1, -0.05) is 17.7 Å². The average Bonchev–Trinajstić information content (AvgIpc) is 3.27. The Morgan fingerprint density at radius 2 is 1.59 bits per heavy atom. The first kappa shape index (κ1) is 29.6. The maximum absolute atomic E-state index is 12.8. The first-order chi connectivity index (χ1) is 18.2. The van der Waals surface area contributed by atoms with Crippen LogP contribution in [-0.2, 0) is 16.1 Å². The molecule has 3 aliphatic heterocycles. The Balaban J connectivity index is 1.34. The number of nitrogens with zero attached hydrogens (tertiary/aromatic N) is 3. The molecule has 39 heavy (non-hydrogen) atoms. The molecule has 0 aliphatic carbocycles. The molecule has 1 spiro atoms. The number of carbonyl (C=O) groups is 2. The summed E-state index contributed by atoms with van der Waals surface area (Å²) in [5, 5.41) is 9.85. The molecule has 0 unspecified atom stereocenters. The SMILES string of the molecule is O=C(O)C1CCN(c2cc(Cl)ccc2CN2CCC3(CC2)CCN(C(=O)OC(C(F)(F)F)C(F)(F)F)C3)CC1. The minimum atomic E-state index is -5.75. The Kier molecular flexibility index (Phi) is 8.51. The quantitative estimate of drug-likeness (QED) is 0.456. The molecule has 3 saturated heterocycles. The molecule has 1 amide bonds. The molecule has 0 aromatic heterocycles. The van der Waals surface area contributed by atoms with Crippen molar-refractivity contribution in [1.82, 2.24) is 9.80 Å². The van der Waals surface area contributed by atoms with Crippen molar-refractivity contribution in [1.29, 1.82) is 0 Å². The number of hydrogen-bond donors (Lipinski definition) is 1. The summed E-state index contributed by atoms with van der Waals surface area (Å²) in [4.78, 5) is 28.8. The van der Waals surface area contributed by atoms with Crippen LogP contribution >= 0.6 is 11.6 Å². The summed E-state index contributed by atoms with van der Waals surface area (Å²) in [6.07, 6.45) is -14.4. The number of alkyl halides is 6. The van der Waals surface area contributed by atoms with Crippen molar-refractivity contribution in [2.24, 2.45) is 11.3 Å². The molecule has 3 fully saturated rings. The molecule has 218 valence electrons. The number of aliphatic carboxylic acids is 1. The zero-order valence-corrected chi connectivity index (χ0v) is 21.8. The van der Waals surface area contributed by atoms with E-state index >= 15 is 0 Å². The highest BCUT2D eigenvalue weighted by Crippen LogP contribution is 2.42. The maximum atomic E-state index is 12.8. The number of carboxylic acids is 1. The monoisotopic (exact) mass is 585 g/mol. The van der Waals surface area contributed by atoms with Gasteiger partial charge in [-0.3, -0.25) is 9.69 Å². The van der Waals surface area contributed by atoms with Crippen molar-refractivity contribution in [3.63, 3.8) is 0 Å². The second-order valence-electron chi connectivity index (χ2n) is 10.7. The van der Waals surface area contributed by atoms with Crippen LogP contribution < -0.4 is 4.90 Å². The zero-order valence-electron chi connectivity index (χ0n) is 21.0. The van der Waals surface area contributed by atoms with E-state index in [0.29, 0.717) is 69.9 Å². The minimum absolute atomic E-state index is 0.0366. The van der Waals surface area contributed by atoms with Crippen LogP contribution in [0.5, 0.6) is 0 Å². The Labute approximate surface area is 226 Å². The summed E-state index contributed by atoms with van der Waals surface area (Å²) < 4.78 is 80.7. The Morgan fingerprint density at radius 3 is 2.15 bits per heavy atom. The van der Waals surface area contributed by atoms with E-state index in [1.165, 1.54) is 0 Å². The second kappa shape index (κ2) is 11.2. The number of piperidine rings is 2. The van der Waals surface area contributed by atoms with Gasteiger partial charge in [-0.05, 0) is 68.3 Å². The van der Waals surface area contributed by atoms with E-state index in [4.69, 9.17) is 11.6 Å². The standard InChI is InChI=1S/C25H30ClF6N3O4/c26-18-2-1-17(19(13-18)34-8-3-16(4-9-34)20(36)37)14-33-10-5-23(6-11-33)7-12-35(15-23)22(38)39-21(24(27,28)29)25(30,31)32/h1-2,13,16,21H,3-12,14-15H2,(H,36,37). The summed E-state index contributed by atoms with van der Waals surface area (Å²) in [7, 11) is 0. The van der Waals surface area contributed by atoms with Gasteiger partial charge in [-0.25, -0.2) is 4.79 Å². The number of amides is 1. The summed E-state index contributed by atoms with van der Waals surface area (Å²) in [6, 6.07) is 5.61. The van der Waals surface area contributed by atoms with E-state index in [9.17, 15) is 41.0 Å². The summed E-state index contributed by atoms with van der Waals surface area (Å²) in [5.74, 6) is -1.15. The molecule has 3 aliphatic rings. The van der Waals surface area contributed by atoms with Crippen LogP contribution in [0.15, 0.2) is 18.2 Å². The lowest BCUT2D eigenvalue weighted by Crippen LogP contribution is -2.48. The van der Waals surface area contributed by atoms with Crippen molar-refractivity contribution in [3.05, 3.63) is 28.8 Å². The van der Waals surface area contributed by atoms with Gasteiger partial charge in [-0.2, -0.15) is 26.3 Å². The highest BCUT2D eigenvalue weighted by atomic mass is 35.5. The van der Waals surface area contributed by atoms with E-state index in [-0.39, 0.29) is 24.4 Å². The Bertz CT molecular complexity index is 1040. The normalized spacial score (nSPS) is 21.1. The molecule has 0 atom stereocenters. The third-order valence-corrected chi connectivity index (χ3v) is 8.29. The number of hydrogen-bond acceptors (Lipinski definition) is 5. The molecule has 7 nitrogen and oxygen atoms in total. The molecule has 0 radical (unpaired) electrons. The molecule has 4 rings (SSSR count). The minimum Gasteiger partial charge on any atom is -0.481 e. The van der Waals surface area contributed by atoms with Crippen LogP contribution in [0.1, 0.15) is 37.7 Å². The number of carbonyl (C=O) groups excluding carboxylic acids is 1. The predicted octanol–water partition coefficient (Wildman–Crippen LogP) is 5.56. The van der Waals surface area contributed by atoms with E-state index in [2.05, 4.69) is 14.5 Å². The number of carboxylic acid groups (broad SMARTS) is 1. The molecular formula is C25H30ClF6N3O4. The largest absolute Gasteiger partial charge is 0.481 e. The van der Waals surface area contributed by atoms with Crippen molar-refractivity contribution in [3.8, 4) is 0 Å². The number of ether oxygens (including phenoxy) is 1. The van der Waals surface area contributed by atoms with Crippen molar-refractivity contribution in [2.75, 3.05) is 44.2 Å². The lowest BCUT2D eigenvalue weighted by molar-refractivity contribution is -0.308. The lowest BCUT2D eigenvalue weighted by Gasteiger charge is -2.40. The van der Waals surface area contributed by atoms with E-state index in [1.807, 2.05) is 12.1 Å². The lowest BCUT2D eigenvalue weighted by atomic mass is 9.77. The van der Waals surface area contributed by atoms with E-state index < -0.39 is 30.5 Å². The number of rotatable bonds is 5.